The van der Waals surface area contributed by atoms with Gasteiger partial charge in [-0.2, -0.15) is 5.10 Å². The summed E-state index contributed by atoms with van der Waals surface area (Å²) in [7, 11) is 0. The van der Waals surface area contributed by atoms with Crippen LogP contribution in [0.25, 0.3) is 22.2 Å². The number of carbonyl (C=O) groups is 3. The van der Waals surface area contributed by atoms with Gasteiger partial charge in [0.2, 0.25) is 0 Å². The highest BCUT2D eigenvalue weighted by molar-refractivity contribution is 6.21. The maximum atomic E-state index is 12.4. The van der Waals surface area contributed by atoms with Crippen LogP contribution < -0.4 is 0 Å². The van der Waals surface area contributed by atoms with E-state index in [2.05, 4.69) is 15.2 Å². The van der Waals surface area contributed by atoms with Crippen molar-refractivity contribution in [3.05, 3.63) is 77.6 Å². The highest BCUT2D eigenvalue weighted by atomic mass is 16.7. The Morgan fingerprint density at radius 2 is 1.61 bits per heavy atom. The van der Waals surface area contributed by atoms with E-state index in [0.717, 1.165) is 16.5 Å². The molecule has 4 aromatic rings. The number of nitrogens with one attached hydrogen (secondary N) is 2. The molecule has 2 aromatic carbocycles. The molecule has 0 saturated heterocycles. The van der Waals surface area contributed by atoms with Crippen LogP contribution in [0.5, 0.6) is 0 Å². The molecule has 2 amide bonds. The van der Waals surface area contributed by atoms with Crippen LogP contribution in [-0.2, 0) is 4.84 Å². The van der Waals surface area contributed by atoms with Gasteiger partial charge in [0.1, 0.15) is 5.69 Å². The predicted molar refractivity (Wildman–Crippen MR) is 98.2 cm³/mol. The number of aromatic nitrogens is 3. The Balaban J connectivity index is 1.40. The third kappa shape index (κ3) is 2.32. The molecule has 28 heavy (non-hydrogen) atoms. The maximum Gasteiger partial charge on any atom is 0.381 e. The van der Waals surface area contributed by atoms with E-state index in [1.165, 1.54) is 18.2 Å². The minimum absolute atomic E-state index is 0.0248. The summed E-state index contributed by atoms with van der Waals surface area (Å²) in [5, 5.41) is 8.17. The van der Waals surface area contributed by atoms with E-state index in [1.807, 2.05) is 24.3 Å². The third-order valence-electron chi connectivity index (χ3n) is 4.59. The summed E-state index contributed by atoms with van der Waals surface area (Å²) in [6.45, 7) is 0. The van der Waals surface area contributed by atoms with Crippen LogP contribution in [0.3, 0.4) is 0 Å². The first-order chi connectivity index (χ1) is 13.6. The quantitative estimate of drug-likeness (QED) is 0.538. The molecule has 0 atom stereocenters. The summed E-state index contributed by atoms with van der Waals surface area (Å²) >= 11 is 0. The van der Waals surface area contributed by atoms with Crippen molar-refractivity contribution in [2.24, 2.45) is 0 Å². The van der Waals surface area contributed by atoms with Crippen LogP contribution in [0.4, 0.5) is 0 Å². The number of hydrogen-bond acceptors (Lipinski definition) is 5. The highest BCUT2D eigenvalue weighted by Gasteiger charge is 2.39. The van der Waals surface area contributed by atoms with Crippen molar-refractivity contribution in [3.63, 3.8) is 0 Å². The molecule has 0 radical (unpaired) electrons. The Morgan fingerprint density at radius 1 is 0.929 bits per heavy atom. The topological polar surface area (TPSA) is 108 Å². The molecule has 8 nitrogen and oxygen atoms in total. The molecule has 136 valence electrons. The number of imide groups is 1. The van der Waals surface area contributed by atoms with E-state index in [0.29, 0.717) is 10.8 Å². The van der Waals surface area contributed by atoms with Gasteiger partial charge >= 0.3 is 5.97 Å². The van der Waals surface area contributed by atoms with E-state index in [-0.39, 0.29) is 16.8 Å². The fourth-order valence-corrected chi connectivity index (χ4v) is 3.23. The van der Waals surface area contributed by atoms with Crippen LogP contribution in [0.1, 0.15) is 31.2 Å². The van der Waals surface area contributed by atoms with Gasteiger partial charge in [-0.3, -0.25) is 14.7 Å². The Morgan fingerprint density at radius 3 is 2.36 bits per heavy atom. The number of rotatable bonds is 3. The van der Waals surface area contributed by atoms with Crippen molar-refractivity contribution in [1.29, 1.82) is 0 Å². The highest BCUT2D eigenvalue weighted by Crippen LogP contribution is 2.28. The number of nitrogens with zero attached hydrogens (tertiary/aromatic N) is 2. The van der Waals surface area contributed by atoms with Crippen molar-refractivity contribution in [3.8, 4) is 11.3 Å². The molecule has 2 N–H and O–H groups in total. The van der Waals surface area contributed by atoms with E-state index < -0.39 is 17.8 Å². The summed E-state index contributed by atoms with van der Waals surface area (Å²) in [5.74, 6) is -2.23. The number of aromatic amines is 2. The average Bonchev–Trinajstić information content (AvgIpc) is 3.42. The molecule has 0 unspecified atom stereocenters. The molecule has 0 fully saturated rings. The Labute approximate surface area is 157 Å². The summed E-state index contributed by atoms with van der Waals surface area (Å²) < 4.78 is 0. The molecule has 0 bridgehead atoms. The third-order valence-corrected chi connectivity index (χ3v) is 4.59. The zero-order valence-corrected chi connectivity index (χ0v) is 14.3. The first kappa shape index (κ1) is 16.0. The Bertz CT molecular complexity index is 1230. The van der Waals surface area contributed by atoms with Crippen molar-refractivity contribution < 1.29 is 19.2 Å². The fraction of sp³-hybridized carbons (Fsp3) is 0. The number of benzene rings is 2. The van der Waals surface area contributed by atoms with Gasteiger partial charge in [0.05, 0.1) is 16.8 Å². The van der Waals surface area contributed by atoms with E-state index in [1.54, 1.807) is 18.3 Å². The second kappa shape index (κ2) is 5.92. The van der Waals surface area contributed by atoms with Crippen LogP contribution in [0.2, 0.25) is 0 Å². The van der Waals surface area contributed by atoms with Gasteiger partial charge in [0.15, 0.2) is 0 Å². The van der Waals surface area contributed by atoms with Crippen LogP contribution in [-0.4, -0.2) is 38.0 Å². The predicted octanol–water partition coefficient (Wildman–Crippen LogP) is 2.93. The molecule has 1 aliphatic rings. The summed E-state index contributed by atoms with van der Waals surface area (Å²) in [4.78, 5) is 45.2. The first-order valence-corrected chi connectivity index (χ1v) is 8.45. The summed E-state index contributed by atoms with van der Waals surface area (Å²) in [6.07, 6.45) is 1.79. The molecular formula is C20H12N4O4. The van der Waals surface area contributed by atoms with Crippen molar-refractivity contribution in [1.82, 2.24) is 20.2 Å². The second-order valence-corrected chi connectivity index (χ2v) is 6.24. The van der Waals surface area contributed by atoms with E-state index in [4.69, 9.17) is 4.84 Å². The van der Waals surface area contributed by atoms with Crippen LogP contribution in [0.15, 0.2) is 60.8 Å². The standard InChI is InChI=1S/C20H12N4O4/c25-18-12-6-1-2-7-13(12)19(26)24(18)28-20(27)17-9-16(22-23-17)14-10-21-15-8-4-3-5-11(14)15/h1-10,21H,(H,22,23). The molecule has 1 aliphatic heterocycles. The summed E-state index contributed by atoms with van der Waals surface area (Å²) in [6, 6.07) is 15.5. The van der Waals surface area contributed by atoms with Crippen LogP contribution >= 0.6 is 0 Å². The molecule has 2 aromatic heterocycles. The molecule has 3 heterocycles. The normalized spacial score (nSPS) is 13.2. The first-order valence-electron chi connectivity index (χ1n) is 8.45. The molecule has 5 rings (SSSR count). The molecule has 0 aliphatic carbocycles. The number of hydrogen-bond donors (Lipinski definition) is 2. The molecule has 0 saturated carbocycles. The number of carbonyl (C=O) groups excluding carboxylic acids is 3. The lowest BCUT2D eigenvalue weighted by molar-refractivity contribution is -0.0588. The van der Waals surface area contributed by atoms with Crippen LogP contribution in [0, 0.1) is 0 Å². The monoisotopic (exact) mass is 372 g/mol. The number of hydroxylamine groups is 2. The lowest BCUT2D eigenvalue weighted by Crippen LogP contribution is -2.32. The average molecular weight is 372 g/mol. The fourth-order valence-electron chi connectivity index (χ4n) is 3.23. The summed E-state index contributed by atoms with van der Waals surface area (Å²) in [5.41, 5.74) is 2.71. The smallest absolute Gasteiger partial charge is 0.360 e. The largest absolute Gasteiger partial charge is 0.381 e. The van der Waals surface area contributed by atoms with Gasteiger partial charge in [-0.05, 0) is 24.3 Å². The SMILES string of the molecule is O=C(ON1C(=O)c2ccccc2C1=O)c1cc(-c2c[nH]c3ccccc23)n[nH]1. The van der Waals surface area contributed by atoms with Crippen molar-refractivity contribution >= 4 is 28.7 Å². The second-order valence-electron chi connectivity index (χ2n) is 6.24. The zero-order chi connectivity index (χ0) is 19.3. The number of H-pyrrole nitrogens is 2. The minimum Gasteiger partial charge on any atom is -0.360 e. The van der Waals surface area contributed by atoms with Gasteiger partial charge in [0, 0.05) is 22.7 Å². The Hall–Kier alpha value is -4.20. The Kier molecular flexibility index (Phi) is 3.38. The van der Waals surface area contributed by atoms with Crippen molar-refractivity contribution in [2.45, 2.75) is 0 Å². The minimum atomic E-state index is -0.881. The van der Waals surface area contributed by atoms with Gasteiger partial charge in [-0.25, -0.2) is 4.79 Å². The lowest BCUT2D eigenvalue weighted by atomic mass is 10.1. The van der Waals surface area contributed by atoms with E-state index in [9.17, 15) is 14.4 Å². The number of amides is 2. The number of fused-ring (bicyclic) bond motifs is 2. The zero-order valence-electron chi connectivity index (χ0n) is 14.3. The molecule has 0 spiro atoms. The van der Waals surface area contributed by atoms with E-state index >= 15 is 0 Å². The van der Waals surface area contributed by atoms with Crippen molar-refractivity contribution in [2.75, 3.05) is 0 Å². The number of para-hydroxylation sites is 1. The maximum absolute atomic E-state index is 12.4. The van der Waals surface area contributed by atoms with Gasteiger partial charge < -0.3 is 9.82 Å². The lowest BCUT2D eigenvalue weighted by Gasteiger charge is -2.11. The van der Waals surface area contributed by atoms with Gasteiger partial charge in [-0.1, -0.05) is 35.4 Å². The van der Waals surface area contributed by atoms with Gasteiger partial charge in [-0.15, -0.1) is 0 Å². The molecule has 8 heteroatoms. The van der Waals surface area contributed by atoms with Gasteiger partial charge in [0.25, 0.3) is 11.8 Å². The molecular weight excluding hydrogens is 360 g/mol.